The number of carbonyl (C=O) groups excluding carboxylic acids is 2. The second-order valence-corrected chi connectivity index (χ2v) is 7.13. The van der Waals surface area contributed by atoms with Gasteiger partial charge in [-0.3, -0.25) is 9.69 Å². The summed E-state index contributed by atoms with van der Waals surface area (Å²) in [6.07, 6.45) is -0.229. The van der Waals surface area contributed by atoms with Crippen LogP contribution in [0.2, 0.25) is 0 Å². The molecular formula is C22H24N2O5. The van der Waals surface area contributed by atoms with Gasteiger partial charge >= 0.3 is 12.1 Å². The van der Waals surface area contributed by atoms with Crippen LogP contribution in [-0.2, 0) is 14.3 Å². The fourth-order valence-electron chi connectivity index (χ4n) is 3.78. The van der Waals surface area contributed by atoms with Gasteiger partial charge in [-0.05, 0) is 35.1 Å². The smallest absolute Gasteiger partial charge is 0.410 e. The van der Waals surface area contributed by atoms with E-state index in [9.17, 15) is 19.5 Å². The molecule has 0 heterocycles. The molecule has 1 aliphatic carbocycles. The van der Waals surface area contributed by atoms with Crippen LogP contribution >= 0.6 is 0 Å². The summed E-state index contributed by atoms with van der Waals surface area (Å²) >= 11 is 0. The van der Waals surface area contributed by atoms with E-state index >= 15 is 0 Å². The molecule has 2 aromatic carbocycles. The first kappa shape index (κ1) is 20.4. The fourth-order valence-corrected chi connectivity index (χ4v) is 3.78. The number of hydrogen-bond donors (Lipinski definition) is 2. The van der Waals surface area contributed by atoms with Crippen molar-refractivity contribution in [2.45, 2.75) is 31.2 Å². The van der Waals surface area contributed by atoms with Gasteiger partial charge in [-0.2, -0.15) is 0 Å². The van der Waals surface area contributed by atoms with E-state index in [0.29, 0.717) is 0 Å². The van der Waals surface area contributed by atoms with Crippen molar-refractivity contribution in [2.75, 3.05) is 13.7 Å². The van der Waals surface area contributed by atoms with E-state index in [0.717, 1.165) is 27.2 Å². The van der Waals surface area contributed by atoms with Crippen molar-refractivity contribution in [3.05, 3.63) is 59.7 Å². The number of carboxylic acids is 1. The quantitative estimate of drug-likeness (QED) is 0.713. The molecule has 0 radical (unpaired) electrons. The molecule has 7 heteroatoms. The normalized spacial score (nSPS) is 13.3. The molecule has 1 atom stereocenters. The van der Waals surface area contributed by atoms with Crippen LogP contribution in [0.25, 0.3) is 11.1 Å². The Morgan fingerprint density at radius 2 is 1.62 bits per heavy atom. The number of nitrogens with zero attached hydrogens (tertiary/aromatic N) is 1. The number of benzene rings is 2. The summed E-state index contributed by atoms with van der Waals surface area (Å²) in [6.45, 7) is 0.116. The highest BCUT2D eigenvalue weighted by atomic mass is 16.6. The third kappa shape index (κ3) is 4.39. The van der Waals surface area contributed by atoms with E-state index in [4.69, 9.17) is 10.5 Å². The van der Waals surface area contributed by atoms with Crippen LogP contribution in [0.1, 0.15) is 36.3 Å². The Labute approximate surface area is 169 Å². The monoisotopic (exact) mass is 396 g/mol. The maximum absolute atomic E-state index is 12.5. The number of aliphatic carboxylic acids is 1. The zero-order chi connectivity index (χ0) is 21.0. The highest BCUT2D eigenvalue weighted by Crippen LogP contribution is 2.44. The van der Waals surface area contributed by atoms with Crippen molar-refractivity contribution in [3.63, 3.8) is 0 Å². The summed E-state index contributed by atoms with van der Waals surface area (Å²) in [5.74, 6) is -1.75. The van der Waals surface area contributed by atoms with Gasteiger partial charge in [0.15, 0.2) is 0 Å². The van der Waals surface area contributed by atoms with E-state index in [1.165, 1.54) is 7.05 Å². The summed E-state index contributed by atoms with van der Waals surface area (Å²) in [5.41, 5.74) is 9.50. The zero-order valence-electron chi connectivity index (χ0n) is 16.2. The maximum atomic E-state index is 12.5. The molecule has 3 N–H and O–H groups in total. The van der Waals surface area contributed by atoms with E-state index in [1.54, 1.807) is 0 Å². The SMILES string of the molecule is CN(C(=O)OCC1c2ccccc2-c2ccccc21)[C@@H](CCCC(N)=O)C(=O)O. The van der Waals surface area contributed by atoms with Crippen LogP contribution in [0.4, 0.5) is 4.79 Å². The number of carbonyl (C=O) groups is 3. The molecule has 0 saturated carbocycles. The molecule has 152 valence electrons. The Kier molecular flexibility index (Phi) is 6.16. The minimum atomic E-state index is -1.15. The van der Waals surface area contributed by atoms with Crippen molar-refractivity contribution in [2.24, 2.45) is 5.73 Å². The minimum absolute atomic E-state index is 0.0717. The van der Waals surface area contributed by atoms with Crippen molar-refractivity contribution in [1.82, 2.24) is 4.90 Å². The van der Waals surface area contributed by atoms with Gasteiger partial charge < -0.3 is 15.6 Å². The summed E-state index contributed by atoms with van der Waals surface area (Å²) in [4.78, 5) is 36.0. The number of carboxylic acid groups (broad SMARTS) is 1. The predicted octanol–water partition coefficient (Wildman–Crippen LogP) is 2.98. The van der Waals surface area contributed by atoms with Crippen LogP contribution < -0.4 is 5.73 Å². The molecule has 2 aromatic rings. The van der Waals surface area contributed by atoms with Gasteiger partial charge in [-0.15, -0.1) is 0 Å². The first-order valence-electron chi connectivity index (χ1n) is 9.49. The number of ether oxygens (including phenoxy) is 1. The summed E-state index contributed by atoms with van der Waals surface area (Å²) < 4.78 is 5.49. The molecule has 0 fully saturated rings. The first-order chi connectivity index (χ1) is 13.9. The van der Waals surface area contributed by atoms with Crippen LogP contribution in [-0.4, -0.2) is 47.7 Å². The predicted molar refractivity (Wildman–Crippen MR) is 107 cm³/mol. The second-order valence-electron chi connectivity index (χ2n) is 7.13. The van der Waals surface area contributed by atoms with Crippen LogP contribution in [0, 0.1) is 0 Å². The molecule has 0 spiro atoms. The number of hydrogen-bond acceptors (Lipinski definition) is 4. The lowest BCUT2D eigenvalue weighted by Crippen LogP contribution is -2.43. The molecule has 0 bridgehead atoms. The number of amides is 2. The number of likely N-dealkylation sites (N-methyl/N-ethyl adjacent to an activating group) is 1. The van der Waals surface area contributed by atoms with E-state index in [-0.39, 0.29) is 31.8 Å². The average Bonchev–Trinajstić information content (AvgIpc) is 3.02. The van der Waals surface area contributed by atoms with Crippen molar-refractivity contribution < 1.29 is 24.2 Å². The average molecular weight is 396 g/mol. The summed E-state index contributed by atoms with van der Waals surface area (Å²) in [7, 11) is 1.39. The molecule has 0 unspecified atom stereocenters. The molecule has 1 aliphatic rings. The minimum Gasteiger partial charge on any atom is -0.480 e. The molecule has 0 saturated heterocycles. The lowest BCUT2D eigenvalue weighted by atomic mass is 9.98. The van der Waals surface area contributed by atoms with Gasteiger partial charge in [0.2, 0.25) is 5.91 Å². The molecule has 0 aliphatic heterocycles. The van der Waals surface area contributed by atoms with Crippen LogP contribution in [0.15, 0.2) is 48.5 Å². The van der Waals surface area contributed by atoms with Crippen LogP contribution in [0.5, 0.6) is 0 Å². The van der Waals surface area contributed by atoms with Crippen molar-refractivity contribution in [1.29, 1.82) is 0 Å². The zero-order valence-corrected chi connectivity index (χ0v) is 16.2. The Morgan fingerprint density at radius 3 is 2.14 bits per heavy atom. The van der Waals surface area contributed by atoms with Gasteiger partial charge in [0.05, 0.1) is 0 Å². The molecular weight excluding hydrogens is 372 g/mol. The van der Waals surface area contributed by atoms with Gasteiger partial charge in [0.25, 0.3) is 0 Å². The van der Waals surface area contributed by atoms with Gasteiger partial charge in [-0.25, -0.2) is 9.59 Å². The lowest BCUT2D eigenvalue weighted by molar-refractivity contribution is -0.142. The van der Waals surface area contributed by atoms with Crippen molar-refractivity contribution >= 4 is 18.0 Å². The third-order valence-corrected chi connectivity index (χ3v) is 5.28. The summed E-state index contributed by atoms with van der Waals surface area (Å²) in [5, 5.41) is 9.43. The Morgan fingerprint density at radius 1 is 1.07 bits per heavy atom. The second kappa shape index (κ2) is 8.77. The Bertz CT molecular complexity index is 881. The molecule has 0 aromatic heterocycles. The van der Waals surface area contributed by atoms with Gasteiger partial charge in [0.1, 0.15) is 12.6 Å². The Hall–Kier alpha value is -3.35. The first-order valence-corrected chi connectivity index (χ1v) is 9.49. The standard InChI is InChI=1S/C22H24N2O5/c1-24(19(21(26)27)11-6-12-20(23)25)22(28)29-13-18-16-9-4-2-7-14(16)15-8-3-5-10-17(15)18/h2-5,7-10,18-19H,6,11-13H2,1H3,(H2,23,25)(H,26,27)/t19-/m0/s1. The Balaban J connectivity index is 1.68. The van der Waals surface area contributed by atoms with Gasteiger partial charge in [-0.1, -0.05) is 48.5 Å². The fraction of sp³-hybridized carbons (Fsp3) is 0.318. The van der Waals surface area contributed by atoms with E-state index < -0.39 is 24.0 Å². The van der Waals surface area contributed by atoms with Gasteiger partial charge in [0, 0.05) is 19.4 Å². The number of nitrogens with two attached hydrogens (primary N) is 1. The van der Waals surface area contributed by atoms with E-state index in [1.807, 2.05) is 48.5 Å². The van der Waals surface area contributed by atoms with Crippen LogP contribution in [0.3, 0.4) is 0 Å². The lowest BCUT2D eigenvalue weighted by Gasteiger charge is -2.25. The highest BCUT2D eigenvalue weighted by Gasteiger charge is 2.31. The highest BCUT2D eigenvalue weighted by molar-refractivity contribution is 5.81. The topological polar surface area (TPSA) is 110 Å². The molecule has 3 rings (SSSR count). The molecule has 29 heavy (non-hydrogen) atoms. The number of fused-ring (bicyclic) bond motifs is 3. The third-order valence-electron chi connectivity index (χ3n) is 5.28. The van der Waals surface area contributed by atoms with Crippen molar-refractivity contribution in [3.8, 4) is 11.1 Å². The maximum Gasteiger partial charge on any atom is 0.410 e. The largest absolute Gasteiger partial charge is 0.480 e. The molecule has 2 amide bonds. The van der Waals surface area contributed by atoms with E-state index in [2.05, 4.69) is 0 Å². The molecule has 7 nitrogen and oxygen atoms in total. The number of primary amides is 1. The number of rotatable bonds is 8. The summed E-state index contributed by atoms with van der Waals surface area (Å²) in [6, 6.07) is 14.9.